The van der Waals surface area contributed by atoms with Gasteiger partial charge in [-0.15, -0.1) is 0 Å². The van der Waals surface area contributed by atoms with Crippen LogP contribution in [-0.2, 0) is 4.74 Å². The molecule has 3 rings (SSSR count). The average molecular weight is 316 g/mol. The molecule has 2 aromatic heterocycles. The molecule has 1 fully saturated rings. The van der Waals surface area contributed by atoms with Crippen LogP contribution in [0.15, 0.2) is 6.33 Å². The molecule has 3 heterocycles. The third-order valence-electron chi connectivity index (χ3n) is 3.46. The molecule has 1 aliphatic heterocycles. The maximum Gasteiger partial charge on any atom is 0.226 e. The zero-order chi connectivity index (χ0) is 15.1. The number of fused-ring (bicyclic) bond motifs is 1. The Hall–Kier alpha value is -1.52. The maximum absolute atomic E-state index is 9.87. The topological polar surface area (TPSA) is 140 Å². The van der Waals surface area contributed by atoms with Gasteiger partial charge in [-0.3, -0.25) is 4.57 Å². The number of imidazole rings is 1. The van der Waals surface area contributed by atoms with Crippen molar-refractivity contribution in [2.45, 2.75) is 31.0 Å². The Kier molecular flexibility index (Phi) is 3.68. The Balaban J connectivity index is 2.00. The van der Waals surface area contributed by atoms with Gasteiger partial charge >= 0.3 is 0 Å². The lowest BCUT2D eigenvalue weighted by atomic mass is 10.0. The van der Waals surface area contributed by atoms with Crippen LogP contribution >= 0.6 is 11.6 Å². The van der Waals surface area contributed by atoms with Gasteiger partial charge in [0.15, 0.2) is 11.5 Å². The SMILES string of the molecule is Nc1nc(Cl)nc2c1ncn2[C@@H]1C[C@@H](O)[C@H](O)[C@@H](CO)O1. The van der Waals surface area contributed by atoms with Gasteiger partial charge in [0.25, 0.3) is 0 Å². The van der Waals surface area contributed by atoms with E-state index >= 15 is 0 Å². The van der Waals surface area contributed by atoms with Gasteiger partial charge in [-0.25, -0.2) is 4.98 Å². The first-order chi connectivity index (χ1) is 10.0. The molecule has 0 aromatic carbocycles. The van der Waals surface area contributed by atoms with Crippen molar-refractivity contribution >= 4 is 28.6 Å². The number of hydrogen-bond donors (Lipinski definition) is 4. The number of nitrogens with zero attached hydrogens (tertiary/aromatic N) is 4. The number of ether oxygens (including phenoxy) is 1. The average Bonchev–Trinajstić information content (AvgIpc) is 2.85. The smallest absolute Gasteiger partial charge is 0.226 e. The Morgan fingerprint density at radius 3 is 2.90 bits per heavy atom. The van der Waals surface area contributed by atoms with Gasteiger partial charge in [0, 0.05) is 6.42 Å². The van der Waals surface area contributed by atoms with Crippen LogP contribution in [0.1, 0.15) is 12.6 Å². The fourth-order valence-corrected chi connectivity index (χ4v) is 2.55. The van der Waals surface area contributed by atoms with Crippen molar-refractivity contribution in [3.05, 3.63) is 11.6 Å². The molecule has 1 aliphatic rings. The van der Waals surface area contributed by atoms with Crippen molar-refractivity contribution in [1.82, 2.24) is 19.5 Å². The predicted octanol–water partition coefficient (Wildman–Crippen LogP) is -0.937. The van der Waals surface area contributed by atoms with Crippen LogP contribution < -0.4 is 5.73 Å². The van der Waals surface area contributed by atoms with Gasteiger partial charge in [-0.05, 0) is 11.6 Å². The minimum Gasteiger partial charge on any atom is -0.394 e. The normalized spacial score (nSPS) is 29.9. The summed E-state index contributed by atoms with van der Waals surface area (Å²) in [6.07, 6.45) is -2.18. The molecule has 10 heteroatoms. The highest BCUT2D eigenvalue weighted by Crippen LogP contribution is 2.30. The number of aliphatic hydroxyl groups is 3. The molecular weight excluding hydrogens is 302 g/mol. The lowest BCUT2D eigenvalue weighted by Crippen LogP contribution is -2.48. The van der Waals surface area contributed by atoms with E-state index in [1.54, 1.807) is 0 Å². The Morgan fingerprint density at radius 1 is 1.43 bits per heavy atom. The van der Waals surface area contributed by atoms with Gasteiger partial charge in [0.2, 0.25) is 5.28 Å². The molecular formula is C11H14ClN5O4. The number of anilines is 1. The monoisotopic (exact) mass is 315 g/mol. The number of halogens is 1. The maximum atomic E-state index is 9.87. The van der Waals surface area contributed by atoms with Crippen molar-refractivity contribution < 1.29 is 20.1 Å². The summed E-state index contributed by atoms with van der Waals surface area (Å²) >= 11 is 5.79. The Bertz CT molecular complexity index is 665. The third-order valence-corrected chi connectivity index (χ3v) is 3.63. The van der Waals surface area contributed by atoms with Gasteiger partial charge in [-0.2, -0.15) is 9.97 Å². The summed E-state index contributed by atoms with van der Waals surface area (Å²) in [4.78, 5) is 12.0. The largest absolute Gasteiger partial charge is 0.394 e. The second-order valence-corrected chi connectivity index (χ2v) is 5.15. The molecule has 0 unspecified atom stereocenters. The van der Waals surface area contributed by atoms with Gasteiger partial charge in [-0.1, -0.05) is 0 Å². The standard InChI is InChI=1S/C11H14ClN5O4/c12-11-15-9(13)7-10(16-11)17(3-14-7)6-1-4(19)8(20)5(2-18)21-6/h3-6,8,18-20H,1-2H2,(H2,13,15,16)/t4-,5-,6+,8+/m1/s1. The first-order valence-electron chi connectivity index (χ1n) is 6.29. The first kappa shape index (κ1) is 14.4. The number of hydrogen-bond acceptors (Lipinski definition) is 8. The van der Waals surface area contributed by atoms with Crippen molar-refractivity contribution in [2.75, 3.05) is 12.3 Å². The van der Waals surface area contributed by atoms with E-state index in [1.165, 1.54) is 10.9 Å². The summed E-state index contributed by atoms with van der Waals surface area (Å²) < 4.78 is 7.11. The molecule has 2 aromatic rings. The highest BCUT2D eigenvalue weighted by atomic mass is 35.5. The van der Waals surface area contributed by atoms with E-state index in [1.807, 2.05) is 0 Å². The first-order valence-corrected chi connectivity index (χ1v) is 6.67. The predicted molar refractivity (Wildman–Crippen MR) is 72.4 cm³/mol. The summed E-state index contributed by atoms with van der Waals surface area (Å²) in [6, 6.07) is 0. The third kappa shape index (κ3) is 2.43. The van der Waals surface area contributed by atoms with Crippen LogP contribution in [0.2, 0.25) is 5.28 Å². The number of rotatable bonds is 2. The zero-order valence-electron chi connectivity index (χ0n) is 10.8. The van der Waals surface area contributed by atoms with E-state index in [9.17, 15) is 15.3 Å². The molecule has 0 amide bonds. The second kappa shape index (κ2) is 5.35. The fourth-order valence-electron chi connectivity index (χ4n) is 2.38. The van der Waals surface area contributed by atoms with Crippen LogP contribution in [0.4, 0.5) is 5.82 Å². The minimum atomic E-state index is -1.15. The van der Waals surface area contributed by atoms with Crippen molar-refractivity contribution in [3.8, 4) is 0 Å². The van der Waals surface area contributed by atoms with Crippen molar-refractivity contribution in [1.29, 1.82) is 0 Å². The van der Waals surface area contributed by atoms with E-state index in [2.05, 4.69) is 15.0 Å². The van der Waals surface area contributed by atoms with Gasteiger partial charge in [0.05, 0.1) is 19.0 Å². The molecule has 5 N–H and O–H groups in total. The van der Waals surface area contributed by atoms with Crippen molar-refractivity contribution in [3.63, 3.8) is 0 Å². The molecule has 0 saturated carbocycles. The molecule has 0 aliphatic carbocycles. The summed E-state index contributed by atoms with van der Waals surface area (Å²) in [5.74, 6) is 0.138. The quantitative estimate of drug-likeness (QED) is 0.521. The fraction of sp³-hybridized carbons (Fsp3) is 0.545. The van der Waals surface area contributed by atoms with E-state index in [0.717, 1.165) is 0 Å². The minimum absolute atomic E-state index is 0.0307. The van der Waals surface area contributed by atoms with Gasteiger partial charge in [0.1, 0.15) is 24.0 Å². The number of aromatic nitrogens is 4. The molecule has 0 radical (unpaired) electrons. The number of nitrogen functional groups attached to an aromatic ring is 1. The molecule has 114 valence electrons. The summed E-state index contributed by atoms with van der Waals surface area (Å²) in [5.41, 5.74) is 6.45. The Morgan fingerprint density at radius 2 is 2.19 bits per heavy atom. The molecule has 0 bridgehead atoms. The number of nitrogens with two attached hydrogens (primary N) is 1. The number of aliphatic hydroxyl groups excluding tert-OH is 3. The van der Waals surface area contributed by atoms with Crippen molar-refractivity contribution in [2.24, 2.45) is 0 Å². The molecule has 0 spiro atoms. The van der Waals surface area contributed by atoms with Crippen LogP contribution in [0, 0.1) is 0 Å². The molecule has 1 saturated heterocycles. The van der Waals surface area contributed by atoms with E-state index in [-0.39, 0.29) is 17.5 Å². The molecule has 4 atom stereocenters. The van der Waals surface area contributed by atoms with Crippen LogP contribution in [0.5, 0.6) is 0 Å². The van der Waals surface area contributed by atoms with Crippen LogP contribution in [0.25, 0.3) is 11.2 Å². The Labute approximate surface area is 124 Å². The van der Waals surface area contributed by atoms with Crippen LogP contribution in [-0.4, -0.2) is 59.8 Å². The molecule has 9 nitrogen and oxygen atoms in total. The summed E-state index contributed by atoms with van der Waals surface area (Å²) in [7, 11) is 0. The highest BCUT2D eigenvalue weighted by Gasteiger charge is 2.37. The summed E-state index contributed by atoms with van der Waals surface area (Å²) in [5, 5.41) is 28.8. The molecule has 21 heavy (non-hydrogen) atoms. The second-order valence-electron chi connectivity index (χ2n) is 4.81. The highest BCUT2D eigenvalue weighted by molar-refractivity contribution is 6.28. The lowest BCUT2D eigenvalue weighted by molar-refractivity contribution is -0.200. The summed E-state index contributed by atoms with van der Waals surface area (Å²) in [6.45, 7) is -0.417. The zero-order valence-corrected chi connectivity index (χ0v) is 11.6. The van der Waals surface area contributed by atoms with E-state index in [0.29, 0.717) is 11.2 Å². The van der Waals surface area contributed by atoms with Crippen LogP contribution in [0.3, 0.4) is 0 Å². The van der Waals surface area contributed by atoms with E-state index in [4.69, 9.17) is 22.1 Å². The lowest BCUT2D eigenvalue weighted by Gasteiger charge is -2.36. The van der Waals surface area contributed by atoms with Gasteiger partial charge < -0.3 is 25.8 Å². The van der Waals surface area contributed by atoms with E-state index < -0.39 is 31.1 Å².